The first-order chi connectivity index (χ1) is 7.95. The summed E-state index contributed by atoms with van der Waals surface area (Å²) < 4.78 is 4.94. The zero-order valence-corrected chi connectivity index (χ0v) is 10.5. The first-order valence-corrected chi connectivity index (χ1v) is 6.11. The number of rotatable bonds is 7. The molecular weight excluding hydrogens is 220 g/mol. The van der Waals surface area contributed by atoms with Gasteiger partial charge in [-0.05, 0) is 32.3 Å². The Hall–Kier alpha value is -1.16. The van der Waals surface area contributed by atoms with E-state index in [-0.39, 0.29) is 11.8 Å². The van der Waals surface area contributed by atoms with E-state index in [2.05, 4.69) is 0 Å². The molecule has 17 heavy (non-hydrogen) atoms. The summed E-state index contributed by atoms with van der Waals surface area (Å²) in [6, 6.07) is 0. The Morgan fingerprint density at radius 1 is 1.53 bits per heavy atom. The molecule has 1 aliphatic heterocycles. The Bertz CT molecular complexity index is 328. The standard InChI is InChI=1S/C13H20O4/c1-3-13(2,16)11(14)7-5-4-6-10-8-9-12(15)17-10/h8,16H,3-7,9H2,1-2H3/t13-/m1/s1. The molecule has 4 heteroatoms. The van der Waals surface area contributed by atoms with Crippen molar-refractivity contribution in [1.82, 2.24) is 0 Å². The minimum atomic E-state index is -1.20. The van der Waals surface area contributed by atoms with Gasteiger partial charge in [-0.2, -0.15) is 0 Å². The van der Waals surface area contributed by atoms with Gasteiger partial charge in [-0.3, -0.25) is 9.59 Å². The van der Waals surface area contributed by atoms with Gasteiger partial charge in [0, 0.05) is 12.8 Å². The summed E-state index contributed by atoms with van der Waals surface area (Å²) in [5.41, 5.74) is -1.20. The molecule has 0 aromatic heterocycles. The number of Topliss-reactive ketones (excluding diaryl/α,β-unsaturated/α-hetero) is 1. The van der Waals surface area contributed by atoms with Crippen molar-refractivity contribution in [2.45, 2.75) is 58.0 Å². The Balaban J connectivity index is 2.16. The van der Waals surface area contributed by atoms with Gasteiger partial charge in [0.15, 0.2) is 5.78 Å². The largest absolute Gasteiger partial charge is 0.431 e. The Kier molecular flexibility index (Phi) is 4.87. The number of allylic oxidation sites excluding steroid dienone is 1. The number of hydrogen-bond acceptors (Lipinski definition) is 4. The average Bonchev–Trinajstić information content (AvgIpc) is 2.70. The van der Waals surface area contributed by atoms with Gasteiger partial charge >= 0.3 is 5.97 Å². The summed E-state index contributed by atoms with van der Waals surface area (Å²) >= 11 is 0. The third kappa shape index (κ3) is 4.30. The van der Waals surface area contributed by atoms with E-state index < -0.39 is 5.60 Å². The molecule has 1 aliphatic rings. The average molecular weight is 240 g/mol. The van der Waals surface area contributed by atoms with Gasteiger partial charge in [0.2, 0.25) is 0 Å². The molecule has 0 amide bonds. The zero-order valence-electron chi connectivity index (χ0n) is 10.5. The number of aliphatic hydroxyl groups is 1. The number of ether oxygens (including phenoxy) is 1. The molecule has 1 atom stereocenters. The van der Waals surface area contributed by atoms with E-state index in [1.54, 1.807) is 19.9 Å². The van der Waals surface area contributed by atoms with Crippen molar-refractivity contribution in [3.63, 3.8) is 0 Å². The van der Waals surface area contributed by atoms with E-state index >= 15 is 0 Å². The maximum absolute atomic E-state index is 11.6. The van der Waals surface area contributed by atoms with Crippen LogP contribution in [0.1, 0.15) is 52.4 Å². The molecule has 0 aromatic carbocycles. The molecule has 0 aromatic rings. The van der Waals surface area contributed by atoms with Gasteiger partial charge in [-0.25, -0.2) is 0 Å². The lowest BCUT2D eigenvalue weighted by Gasteiger charge is -2.19. The summed E-state index contributed by atoms with van der Waals surface area (Å²) in [6.45, 7) is 3.34. The van der Waals surface area contributed by atoms with Gasteiger partial charge in [0.05, 0.1) is 6.42 Å². The van der Waals surface area contributed by atoms with E-state index in [1.165, 1.54) is 0 Å². The molecular formula is C13H20O4. The van der Waals surface area contributed by atoms with E-state index in [9.17, 15) is 14.7 Å². The highest BCUT2D eigenvalue weighted by molar-refractivity contribution is 5.86. The topological polar surface area (TPSA) is 63.6 Å². The van der Waals surface area contributed by atoms with Crippen molar-refractivity contribution in [2.75, 3.05) is 0 Å². The Morgan fingerprint density at radius 2 is 2.24 bits per heavy atom. The number of hydrogen-bond donors (Lipinski definition) is 1. The smallest absolute Gasteiger partial charge is 0.314 e. The molecule has 0 spiro atoms. The van der Waals surface area contributed by atoms with E-state index in [0.29, 0.717) is 37.9 Å². The molecule has 0 unspecified atom stereocenters. The number of ketones is 1. The van der Waals surface area contributed by atoms with Crippen LogP contribution in [0.2, 0.25) is 0 Å². The lowest BCUT2D eigenvalue weighted by atomic mass is 9.94. The van der Waals surface area contributed by atoms with Crippen molar-refractivity contribution < 1.29 is 19.4 Å². The first-order valence-electron chi connectivity index (χ1n) is 6.11. The molecule has 1 rings (SSSR count). The van der Waals surface area contributed by atoms with Crippen molar-refractivity contribution >= 4 is 11.8 Å². The molecule has 96 valence electrons. The second kappa shape index (κ2) is 5.96. The van der Waals surface area contributed by atoms with Crippen LogP contribution in [-0.4, -0.2) is 22.5 Å². The lowest BCUT2D eigenvalue weighted by molar-refractivity contribution is -0.137. The lowest BCUT2D eigenvalue weighted by Crippen LogP contribution is -2.33. The Labute approximate surface area is 102 Å². The Morgan fingerprint density at radius 3 is 2.76 bits per heavy atom. The van der Waals surface area contributed by atoms with Crippen molar-refractivity contribution in [2.24, 2.45) is 0 Å². The maximum Gasteiger partial charge on any atom is 0.314 e. The molecule has 0 fully saturated rings. The van der Waals surface area contributed by atoms with Gasteiger partial charge in [-0.1, -0.05) is 6.92 Å². The molecule has 0 saturated heterocycles. The van der Waals surface area contributed by atoms with Crippen LogP contribution in [0.25, 0.3) is 0 Å². The molecule has 1 heterocycles. The molecule has 0 radical (unpaired) electrons. The highest BCUT2D eigenvalue weighted by Gasteiger charge is 2.26. The number of esters is 1. The van der Waals surface area contributed by atoms with Gasteiger partial charge in [-0.15, -0.1) is 0 Å². The molecule has 0 aliphatic carbocycles. The highest BCUT2D eigenvalue weighted by atomic mass is 16.5. The van der Waals surface area contributed by atoms with Crippen molar-refractivity contribution in [3.05, 3.63) is 11.8 Å². The summed E-state index contributed by atoms with van der Waals surface area (Å²) in [6.07, 6.45) is 5.16. The van der Waals surface area contributed by atoms with Crippen LogP contribution in [0, 0.1) is 0 Å². The second-order valence-electron chi connectivity index (χ2n) is 4.61. The van der Waals surface area contributed by atoms with Crippen LogP contribution in [0.4, 0.5) is 0 Å². The van der Waals surface area contributed by atoms with Gasteiger partial charge in [0.1, 0.15) is 11.4 Å². The van der Waals surface area contributed by atoms with Crippen LogP contribution < -0.4 is 0 Å². The quantitative estimate of drug-likeness (QED) is 0.547. The fourth-order valence-electron chi connectivity index (χ4n) is 1.63. The third-order valence-electron chi connectivity index (χ3n) is 3.11. The summed E-state index contributed by atoms with van der Waals surface area (Å²) in [5, 5.41) is 9.71. The first kappa shape index (κ1) is 13.9. The number of carbonyl (C=O) groups excluding carboxylic acids is 2. The predicted octanol–water partition coefficient (Wildman–Crippen LogP) is 2.11. The van der Waals surface area contributed by atoms with Crippen LogP contribution in [0.15, 0.2) is 11.8 Å². The van der Waals surface area contributed by atoms with E-state index in [0.717, 1.165) is 6.42 Å². The monoisotopic (exact) mass is 240 g/mol. The predicted molar refractivity (Wildman–Crippen MR) is 63.2 cm³/mol. The second-order valence-corrected chi connectivity index (χ2v) is 4.61. The van der Waals surface area contributed by atoms with Crippen LogP contribution >= 0.6 is 0 Å². The SMILES string of the molecule is CC[C@@](C)(O)C(=O)CCCCC1=CCC(=O)O1. The minimum Gasteiger partial charge on any atom is -0.431 e. The van der Waals surface area contributed by atoms with Gasteiger partial charge in [0.25, 0.3) is 0 Å². The summed E-state index contributed by atoms with van der Waals surface area (Å²) in [7, 11) is 0. The number of unbranched alkanes of at least 4 members (excludes halogenated alkanes) is 1. The fourth-order valence-corrected chi connectivity index (χ4v) is 1.63. The van der Waals surface area contributed by atoms with Crippen molar-refractivity contribution in [1.29, 1.82) is 0 Å². The number of cyclic esters (lactones) is 1. The number of carbonyl (C=O) groups is 2. The normalized spacial score (nSPS) is 18.5. The molecule has 0 saturated carbocycles. The highest BCUT2D eigenvalue weighted by Crippen LogP contribution is 2.19. The van der Waals surface area contributed by atoms with Crippen LogP contribution in [0.3, 0.4) is 0 Å². The fraction of sp³-hybridized carbons (Fsp3) is 0.692. The summed E-state index contributed by atoms with van der Waals surface area (Å²) in [4.78, 5) is 22.4. The van der Waals surface area contributed by atoms with Crippen LogP contribution in [-0.2, 0) is 14.3 Å². The molecule has 1 N–H and O–H groups in total. The van der Waals surface area contributed by atoms with Crippen LogP contribution in [0.5, 0.6) is 0 Å². The third-order valence-corrected chi connectivity index (χ3v) is 3.11. The molecule has 0 bridgehead atoms. The summed E-state index contributed by atoms with van der Waals surface area (Å²) in [5.74, 6) is 0.395. The van der Waals surface area contributed by atoms with Crippen molar-refractivity contribution in [3.8, 4) is 0 Å². The van der Waals surface area contributed by atoms with Gasteiger partial charge < -0.3 is 9.84 Å². The minimum absolute atomic E-state index is 0.114. The molecule has 4 nitrogen and oxygen atoms in total. The zero-order chi connectivity index (χ0) is 12.9. The van der Waals surface area contributed by atoms with E-state index in [4.69, 9.17) is 4.74 Å². The maximum atomic E-state index is 11.6. The van der Waals surface area contributed by atoms with E-state index in [1.807, 2.05) is 0 Å².